The van der Waals surface area contributed by atoms with Crippen molar-refractivity contribution in [2.45, 2.75) is 49.8 Å². The molecule has 1 fully saturated rings. The molecular weight excluding hydrogens is 603 g/mol. The van der Waals surface area contributed by atoms with Crippen molar-refractivity contribution < 1.29 is 33.7 Å². The average molecular weight is 632 g/mol. The van der Waals surface area contributed by atoms with Gasteiger partial charge in [0, 0.05) is 47.9 Å². The van der Waals surface area contributed by atoms with Gasteiger partial charge in [0.25, 0.3) is 0 Å². The summed E-state index contributed by atoms with van der Waals surface area (Å²) in [5, 5.41) is 14.1. The number of amides is 2. The number of fused-ring (bicyclic) bond motifs is 2. The summed E-state index contributed by atoms with van der Waals surface area (Å²) in [4.78, 5) is 37.9. The van der Waals surface area contributed by atoms with Gasteiger partial charge in [-0.15, -0.1) is 0 Å². The van der Waals surface area contributed by atoms with Crippen LogP contribution < -0.4 is 10.6 Å². The molecule has 0 unspecified atom stereocenters. The molecule has 1 spiro atoms. The third-order valence-electron chi connectivity index (χ3n) is 6.90. The van der Waals surface area contributed by atoms with Gasteiger partial charge in [0.05, 0.1) is 12.2 Å². The summed E-state index contributed by atoms with van der Waals surface area (Å²) in [6.07, 6.45) is 1.28. The molecule has 2 aliphatic carbocycles. The van der Waals surface area contributed by atoms with E-state index in [1.54, 1.807) is 24.3 Å². The van der Waals surface area contributed by atoms with Crippen molar-refractivity contribution in [3.8, 4) is 0 Å². The third kappa shape index (κ3) is 5.93. The number of nitrogens with one attached hydrogen (secondary N) is 2. The summed E-state index contributed by atoms with van der Waals surface area (Å²) < 4.78 is 19.8. The average Bonchev–Trinajstić information content (AvgIpc) is 3.45. The molecule has 38 heavy (non-hydrogen) atoms. The van der Waals surface area contributed by atoms with Crippen LogP contribution >= 0.6 is 22.6 Å². The first kappa shape index (κ1) is 26.8. The van der Waals surface area contributed by atoms with Crippen molar-refractivity contribution in [3.63, 3.8) is 0 Å². The fourth-order valence-corrected chi connectivity index (χ4v) is 5.71. The number of carbonyl (C=O) groups excluding carboxylic acids is 3. The highest BCUT2D eigenvalue weighted by molar-refractivity contribution is 14.1. The van der Waals surface area contributed by atoms with E-state index in [0.29, 0.717) is 24.0 Å². The van der Waals surface area contributed by atoms with Crippen LogP contribution in [0, 0.1) is 3.57 Å². The Labute approximate surface area is 234 Å². The van der Waals surface area contributed by atoms with Gasteiger partial charge in [0.2, 0.25) is 11.8 Å². The molecule has 0 bridgehead atoms. The summed E-state index contributed by atoms with van der Waals surface area (Å²) >= 11 is 2.14. The van der Waals surface area contributed by atoms with Crippen molar-refractivity contribution in [1.82, 2.24) is 10.6 Å². The molecule has 9 nitrogen and oxygen atoms in total. The monoisotopic (exact) mass is 632 g/mol. The molecule has 0 aromatic heterocycles. The molecular formula is C28H29IN2O7. The summed E-state index contributed by atoms with van der Waals surface area (Å²) in [5.74, 6) is -1.99. The van der Waals surface area contributed by atoms with Crippen LogP contribution in [0.15, 0.2) is 60.2 Å². The predicted molar refractivity (Wildman–Crippen MR) is 145 cm³/mol. The number of hydrogen-bond acceptors (Lipinski definition) is 7. The zero-order valence-corrected chi connectivity index (χ0v) is 22.8. The standard InChI is InChI=1S/C28H29IN2O7/c29-21-7-3-6-17(12-21)27(35)36-22-13-20(26(34)31-9-8-24(33)30-10-11-32)14-23-25(22)38-28(37-23)15-18-4-1-2-5-19(18)16-28/h1-7,12,14,22-23,25,32H,8-11,13,15-16H2,(H,30,33)(H,31,34)/t22-,23-,25+/m1/s1. The maximum absolute atomic E-state index is 13.1. The quantitative estimate of drug-likeness (QED) is 0.301. The molecule has 0 saturated carbocycles. The van der Waals surface area contributed by atoms with E-state index < -0.39 is 30.1 Å². The summed E-state index contributed by atoms with van der Waals surface area (Å²) in [7, 11) is 0. The molecule has 5 rings (SSSR count). The Balaban J connectivity index is 1.32. The number of ether oxygens (including phenoxy) is 3. The van der Waals surface area contributed by atoms with Crippen LogP contribution in [0.4, 0.5) is 0 Å². The molecule has 2 aromatic carbocycles. The van der Waals surface area contributed by atoms with Gasteiger partial charge in [-0.2, -0.15) is 0 Å². The highest BCUT2D eigenvalue weighted by Gasteiger charge is 2.55. The lowest BCUT2D eigenvalue weighted by molar-refractivity contribution is -0.172. The minimum absolute atomic E-state index is 0.0805. The Morgan fingerprint density at radius 2 is 1.79 bits per heavy atom. The highest BCUT2D eigenvalue weighted by Crippen LogP contribution is 2.45. The van der Waals surface area contributed by atoms with Crippen molar-refractivity contribution in [2.75, 3.05) is 19.7 Å². The lowest BCUT2D eigenvalue weighted by atomic mass is 9.91. The number of esters is 1. The van der Waals surface area contributed by atoms with Crippen LogP contribution in [-0.2, 0) is 36.6 Å². The molecule has 3 aliphatic rings. The number of hydrogen-bond donors (Lipinski definition) is 3. The van der Waals surface area contributed by atoms with E-state index in [1.807, 2.05) is 18.2 Å². The second-order valence-corrected chi connectivity index (χ2v) is 10.9. The van der Waals surface area contributed by atoms with Crippen molar-refractivity contribution in [2.24, 2.45) is 0 Å². The number of aliphatic hydroxyl groups excluding tert-OH is 1. The summed E-state index contributed by atoms with van der Waals surface area (Å²) in [6.45, 7) is 0.146. The van der Waals surface area contributed by atoms with E-state index >= 15 is 0 Å². The van der Waals surface area contributed by atoms with E-state index in [4.69, 9.17) is 19.3 Å². The van der Waals surface area contributed by atoms with Gasteiger partial charge in [-0.1, -0.05) is 30.3 Å². The molecule has 1 aliphatic heterocycles. The molecule has 2 aromatic rings. The van der Waals surface area contributed by atoms with Gasteiger partial charge in [-0.25, -0.2) is 4.79 Å². The molecule has 1 saturated heterocycles. The van der Waals surface area contributed by atoms with Gasteiger partial charge in [-0.05, 0) is 58.0 Å². The predicted octanol–water partition coefficient (Wildman–Crippen LogP) is 2.04. The van der Waals surface area contributed by atoms with Gasteiger partial charge < -0.3 is 30.0 Å². The van der Waals surface area contributed by atoms with Crippen LogP contribution in [0.3, 0.4) is 0 Å². The SMILES string of the molecule is O=C(CCNC(=O)C1=C[C@H]2OC3(Cc4ccccc4C3)O[C@H]2[C@H](OC(=O)c2cccc(I)c2)C1)NCCO. The number of carbonyl (C=O) groups is 3. The molecule has 0 radical (unpaired) electrons. The topological polar surface area (TPSA) is 123 Å². The van der Waals surface area contributed by atoms with Crippen LogP contribution in [0.25, 0.3) is 0 Å². The van der Waals surface area contributed by atoms with Crippen molar-refractivity contribution >= 4 is 40.4 Å². The number of halogens is 1. The molecule has 3 atom stereocenters. The molecule has 10 heteroatoms. The van der Waals surface area contributed by atoms with Gasteiger partial charge in [-0.3, -0.25) is 9.59 Å². The Morgan fingerprint density at radius 3 is 2.50 bits per heavy atom. The second kappa shape index (κ2) is 11.5. The van der Waals surface area contributed by atoms with Gasteiger partial charge in [0.1, 0.15) is 18.3 Å². The largest absolute Gasteiger partial charge is 0.456 e. The zero-order chi connectivity index (χ0) is 26.7. The zero-order valence-electron chi connectivity index (χ0n) is 20.7. The smallest absolute Gasteiger partial charge is 0.338 e. The first-order chi connectivity index (χ1) is 18.4. The Bertz CT molecular complexity index is 1240. The minimum atomic E-state index is -0.876. The lowest BCUT2D eigenvalue weighted by Crippen LogP contribution is -2.44. The summed E-state index contributed by atoms with van der Waals surface area (Å²) in [6, 6.07) is 15.2. The van der Waals surface area contributed by atoms with Crippen LogP contribution in [0.5, 0.6) is 0 Å². The molecule has 1 heterocycles. The van der Waals surface area contributed by atoms with E-state index in [2.05, 4.69) is 45.4 Å². The van der Waals surface area contributed by atoms with E-state index in [9.17, 15) is 14.4 Å². The van der Waals surface area contributed by atoms with Crippen molar-refractivity contribution in [3.05, 3.63) is 80.4 Å². The van der Waals surface area contributed by atoms with Gasteiger partial charge >= 0.3 is 5.97 Å². The summed E-state index contributed by atoms with van der Waals surface area (Å²) in [5.41, 5.74) is 3.14. The highest BCUT2D eigenvalue weighted by atomic mass is 127. The first-order valence-corrected chi connectivity index (χ1v) is 13.7. The Hall–Kier alpha value is -2.80. The van der Waals surface area contributed by atoms with Crippen LogP contribution in [0.1, 0.15) is 34.3 Å². The maximum Gasteiger partial charge on any atom is 0.338 e. The number of aliphatic hydroxyl groups is 1. The lowest BCUT2D eigenvalue weighted by Gasteiger charge is -2.30. The van der Waals surface area contributed by atoms with Crippen molar-refractivity contribution in [1.29, 1.82) is 0 Å². The van der Waals surface area contributed by atoms with E-state index in [0.717, 1.165) is 14.7 Å². The normalized spacial score (nSPS) is 22.8. The molecule has 3 N–H and O–H groups in total. The molecule has 200 valence electrons. The van der Waals surface area contributed by atoms with E-state index in [1.165, 1.54) is 0 Å². The van der Waals surface area contributed by atoms with Crippen LogP contribution in [0.2, 0.25) is 0 Å². The first-order valence-electron chi connectivity index (χ1n) is 12.6. The number of rotatable bonds is 8. The molecule has 2 amide bonds. The van der Waals surface area contributed by atoms with Gasteiger partial charge in [0.15, 0.2) is 5.79 Å². The number of benzene rings is 2. The van der Waals surface area contributed by atoms with Crippen LogP contribution in [-0.4, -0.2) is 66.7 Å². The van der Waals surface area contributed by atoms with E-state index in [-0.39, 0.29) is 44.4 Å². The maximum atomic E-state index is 13.1. The minimum Gasteiger partial charge on any atom is -0.456 e. The third-order valence-corrected chi connectivity index (χ3v) is 7.57. The second-order valence-electron chi connectivity index (χ2n) is 9.63. The fraction of sp³-hybridized carbons (Fsp3) is 0.393. The fourth-order valence-electron chi connectivity index (χ4n) is 5.17. The Morgan fingerprint density at radius 1 is 1.03 bits per heavy atom. The Kier molecular flexibility index (Phi) is 8.12.